The van der Waals surface area contributed by atoms with Crippen LogP contribution in [0.25, 0.3) is 0 Å². The highest BCUT2D eigenvalue weighted by atomic mass is 16.6. The zero-order valence-corrected chi connectivity index (χ0v) is 13.8. The molecule has 0 saturated carbocycles. The third-order valence-electron chi connectivity index (χ3n) is 3.77. The molecular weight excluding hydrogens is 280 g/mol. The lowest BCUT2D eigenvalue weighted by Crippen LogP contribution is -2.58. The van der Waals surface area contributed by atoms with E-state index < -0.39 is 5.60 Å². The van der Waals surface area contributed by atoms with Crippen LogP contribution in [0.1, 0.15) is 27.2 Å². The highest BCUT2D eigenvalue weighted by Crippen LogP contribution is 2.21. The minimum atomic E-state index is -0.496. The van der Waals surface area contributed by atoms with Crippen molar-refractivity contribution in [3.8, 4) is 0 Å². The summed E-state index contributed by atoms with van der Waals surface area (Å²) in [5, 5.41) is 0. The molecule has 1 fully saturated rings. The van der Waals surface area contributed by atoms with Gasteiger partial charge in [-0.3, -0.25) is 0 Å². The number of piperidine rings is 1. The van der Waals surface area contributed by atoms with Gasteiger partial charge in [-0.25, -0.2) is 9.78 Å². The van der Waals surface area contributed by atoms with Crippen LogP contribution in [0.2, 0.25) is 0 Å². The molecule has 1 aliphatic heterocycles. The van der Waals surface area contributed by atoms with Gasteiger partial charge in [-0.15, -0.1) is 0 Å². The van der Waals surface area contributed by atoms with Gasteiger partial charge in [-0.2, -0.15) is 0 Å². The molecule has 2 heterocycles. The average Bonchev–Trinajstić information content (AvgIpc) is 2.45. The molecule has 1 amide bonds. The van der Waals surface area contributed by atoms with Crippen molar-refractivity contribution >= 4 is 11.9 Å². The molecule has 0 radical (unpaired) electrons. The van der Waals surface area contributed by atoms with Crippen molar-refractivity contribution in [3.05, 3.63) is 24.4 Å². The Hall–Kier alpha value is -1.82. The molecule has 1 aromatic heterocycles. The fourth-order valence-corrected chi connectivity index (χ4v) is 2.67. The number of nitrogens with two attached hydrogens (primary N) is 1. The molecule has 0 bridgehead atoms. The van der Waals surface area contributed by atoms with Crippen LogP contribution >= 0.6 is 0 Å². The smallest absolute Gasteiger partial charge is 0.410 e. The zero-order valence-electron chi connectivity index (χ0n) is 13.8. The maximum Gasteiger partial charge on any atom is 0.410 e. The molecule has 1 aromatic rings. The van der Waals surface area contributed by atoms with Gasteiger partial charge < -0.3 is 20.3 Å². The predicted octanol–water partition coefficient (Wildman–Crippen LogP) is 1.85. The molecular formula is C16H26N4O2. The van der Waals surface area contributed by atoms with Gasteiger partial charge in [0.15, 0.2) is 0 Å². The van der Waals surface area contributed by atoms with Crippen molar-refractivity contribution in [3.63, 3.8) is 0 Å². The third-order valence-corrected chi connectivity index (χ3v) is 3.77. The van der Waals surface area contributed by atoms with Gasteiger partial charge in [0.25, 0.3) is 0 Å². The number of anilines is 1. The molecule has 0 spiro atoms. The number of carbonyl (C=O) groups excluding carboxylic acids is 1. The SMILES string of the molecule is CN(C(=O)OC(C)(C)C)C1CCN(c2ccccn2)CC1N. The van der Waals surface area contributed by atoms with E-state index in [2.05, 4.69) is 9.88 Å². The highest BCUT2D eigenvalue weighted by Gasteiger charge is 2.33. The monoisotopic (exact) mass is 306 g/mol. The van der Waals surface area contributed by atoms with Crippen LogP contribution in [0, 0.1) is 0 Å². The van der Waals surface area contributed by atoms with E-state index in [1.807, 2.05) is 39.0 Å². The maximum absolute atomic E-state index is 12.2. The number of aromatic nitrogens is 1. The van der Waals surface area contributed by atoms with E-state index in [9.17, 15) is 4.79 Å². The van der Waals surface area contributed by atoms with Crippen molar-refractivity contribution in [1.82, 2.24) is 9.88 Å². The maximum atomic E-state index is 12.2. The molecule has 122 valence electrons. The van der Waals surface area contributed by atoms with Gasteiger partial charge in [0.05, 0.1) is 6.04 Å². The summed E-state index contributed by atoms with van der Waals surface area (Å²) >= 11 is 0. The number of carbonyl (C=O) groups is 1. The third kappa shape index (κ3) is 4.10. The van der Waals surface area contributed by atoms with Crippen molar-refractivity contribution in [2.45, 2.75) is 44.9 Å². The summed E-state index contributed by atoms with van der Waals surface area (Å²) < 4.78 is 5.42. The Morgan fingerprint density at radius 2 is 2.18 bits per heavy atom. The summed E-state index contributed by atoms with van der Waals surface area (Å²) in [4.78, 5) is 20.3. The van der Waals surface area contributed by atoms with Gasteiger partial charge in [-0.1, -0.05) is 6.07 Å². The Morgan fingerprint density at radius 1 is 1.45 bits per heavy atom. The topological polar surface area (TPSA) is 71.7 Å². The molecule has 2 N–H and O–H groups in total. The second kappa shape index (κ2) is 6.52. The summed E-state index contributed by atoms with van der Waals surface area (Å²) in [7, 11) is 1.76. The van der Waals surface area contributed by atoms with Crippen molar-refractivity contribution < 1.29 is 9.53 Å². The van der Waals surface area contributed by atoms with E-state index in [-0.39, 0.29) is 18.2 Å². The first-order chi connectivity index (χ1) is 10.3. The fraction of sp³-hybridized carbons (Fsp3) is 0.625. The van der Waals surface area contributed by atoms with Gasteiger partial charge in [0, 0.05) is 32.4 Å². The fourth-order valence-electron chi connectivity index (χ4n) is 2.67. The van der Waals surface area contributed by atoms with Crippen molar-refractivity contribution in [1.29, 1.82) is 0 Å². The molecule has 0 aliphatic carbocycles. The summed E-state index contributed by atoms with van der Waals surface area (Å²) in [6.07, 6.45) is 2.26. The minimum absolute atomic E-state index is 0.0187. The van der Waals surface area contributed by atoms with E-state index in [4.69, 9.17) is 10.5 Å². The first-order valence-corrected chi connectivity index (χ1v) is 7.65. The van der Waals surface area contributed by atoms with Crippen LogP contribution in [0.3, 0.4) is 0 Å². The molecule has 1 aliphatic rings. The van der Waals surface area contributed by atoms with Crippen LogP contribution < -0.4 is 10.6 Å². The molecule has 2 rings (SSSR count). The standard InChI is InChI=1S/C16H26N4O2/c1-16(2,3)22-15(21)19(4)13-8-10-20(11-12(13)17)14-7-5-6-9-18-14/h5-7,9,12-13H,8,10-11,17H2,1-4H3. The van der Waals surface area contributed by atoms with Crippen LogP contribution in [-0.4, -0.2) is 53.8 Å². The minimum Gasteiger partial charge on any atom is -0.444 e. The van der Waals surface area contributed by atoms with Crippen LogP contribution in [0.5, 0.6) is 0 Å². The lowest BCUT2D eigenvalue weighted by atomic mass is 9.99. The normalized spacial score (nSPS) is 22.3. The second-order valence-corrected chi connectivity index (χ2v) is 6.75. The number of ether oxygens (including phenoxy) is 1. The number of nitrogens with zero attached hydrogens (tertiary/aromatic N) is 3. The predicted molar refractivity (Wildman–Crippen MR) is 86.8 cm³/mol. The second-order valence-electron chi connectivity index (χ2n) is 6.75. The number of likely N-dealkylation sites (N-methyl/N-ethyl adjacent to an activating group) is 1. The number of pyridine rings is 1. The Bertz CT molecular complexity index is 501. The number of amides is 1. The Kier molecular flexibility index (Phi) is 4.90. The van der Waals surface area contributed by atoms with E-state index in [0.29, 0.717) is 6.54 Å². The Balaban J connectivity index is 1.97. The van der Waals surface area contributed by atoms with E-state index in [1.54, 1.807) is 18.1 Å². The van der Waals surface area contributed by atoms with Crippen molar-refractivity contribution in [2.24, 2.45) is 5.73 Å². The Morgan fingerprint density at radius 3 is 2.73 bits per heavy atom. The summed E-state index contributed by atoms with van der Waals surface area (Å²) in [5.74, 6) is 0.927. The van der Waals surface area contributed by atoms with Crippen LogP contribution in [0.15, 0.2) is 24.4 Å². The number of hydrogen-bond donors (Lipinski definition) is 1. The van der Waals surface area contributed by atoms with Crippen molar-refractivity contribution in [2.75, 3.05) is 25.0 Å². The quantitative estimate of drug-likeness (QED) is 0.903. The molecule has 6 nitrogen and oxygen atoms in total. The first kappa shape index (κ1) is 16.5. The molecule has 2 atom stereocenters. The first-order valence-electron chi connectivity index (χ1n) is 7.65. The van der Waals surface area contributed by atoms with Crippen LogP contribution in [-0.2, 0) is 4.74 Å². The summed E-state index contributed by atoms with van der Waals surface area (Å²) in [5.41, 5.74) is 5.79. The molecule has 22 heavy (non-hydrogen) atoms. The lowest BCUT2D eigenvalue weighted by molar-refractivity contribution is 0.0182. The Labute approximate surface area is 132 Å². The lowest BCUT2D eigenvalue weighted by Gasteiger charge is -2.41. The largest absolute Gasteiger partial charge is 0.444 e. The summed E-state index contributed by atoms with van der Waals surface area (Å²) in [6, 6.07) is 5.69. The molecule has 0 aromatic carbocycles. The van der Waals surface area contributed by atoms with Gasteiger partial charge >= 0.3 is 6.09 Å². The molecule has 6 heteroatoms. The molecule has 1 saturated heterocycles. The van der Waals surface area contributed by atoms with E-state index in [0.717, 1.165) is 18.8 Å². The van der Waals surface area contributed by atoms with E-state index >= 15 is 0 Å². The van der Waals surface area contributed by atoms with Gasteiger partial charge in [0.1, 0.15) is 11.4 Å². The van der Waals surface area contributed by atoms with Gasteiger partial charge in [-0.05, 0) is 39.3 Å². The average molecular weight is 306 g/mol. The van der Waals surface area contributed by atoms with Crippen LogP contribution in [0.4, 0.5) is 10.6 Å². The number of rotatable bonds is 2. The summed E-state index contributed by atoms with van der Waals surface area (Å²) in [6.45, 7) is 7.09. The zero-order chi connectivity index (χ0) is 16.3. The molecule has 2 unspecified atom stereocenters. The highest BCUT2D eigenvalue weighted by molar-refractivity contribution is 5.68. The van der Waals surface area contributed by atoms with Gasteiger partial charge in [0.2, 0.25) is 0 Å². The van der Waals surface area contributed by atoms with E-state index in [1.165, 1.54) is 0 Å². The number of hydrogen-bond acceptors (Lipinski definition) is 5.